The third kappa shape index (κ3) is 3.17. The highest BCUT2D eigenvalue weighted by Gasteiger charge is 2.32. The van der Waals surface area contributed by atoms with Gasteiger partial charge >= 0.3 is 0 Å². The highest BCUT2D eigenvalue weighted by Crippen LogP contribution is 2.44. The number of hydrogen-bond acceptors (Lipinski definition) is 5. The third-order valence-electron chi connectivity index (χ3n) is 8.30. The van der Waals surface area contributed by atoms with Crippen LogP contribution in [0.3, 0.4) is 0 Å². The van der Waals surface area contributed by atoms with Gasteiger partial charge in [-0.3, -0.25) is 14.4 Å². The van der Waals surface area contributed by atoms with E-state index in [-0.39, 0.29) is 21.7 Å². The zero-order valence-corrected chi connectivity index (χ0v) is 22.0. The van der Waals surface area contributed by atoms with Crippen molar-refractivity contribution in [3.8, 4) is 0 Å². The minimum absolute atomic E-state index is 0.225. The molecule has 3 aliphatic rings. The maximum Gasteiger partial charge on any atom is 0.194 e. The summed E-state index contributed by atoms with van der Waals surface area (Å²) >= 11 is 0. The molecular weight excluding hydrogens is 488 g/mol. The van der Waals surface area contributed by atoms with Crippen LogP contribution >= 0.6 is 0 Å². The predicted octanol–water partition coefficient (Wildman–Crippen LogP) is 5.19. The summed E-state index contributed by atoms with van der Waals surface area (Å²) in [6, 6.07) is 0. The normalized spacial score (nSPS) is 24.8. The fraction of sp³-hybridized carbons (Fsp3) is 0.206. The van der Waals surface area contributed by atoms with Gasteiger partial charge in [0.1, 0.15) is 0 Å². The lowest BCUT2D eigenvalue weighted by atomic mass is 9.92. The van der Waals surface area contributed by atoms with Crippen LogP contribution in [-0.2, 0) is 0 Å². The lowest BCUT2D eigenvalue weighted by molar-refractivity contribution is 0.165. The molecule has 2 unspecified atom stereocenters. The van der Waals surface area contributed by atoms with Crippen LogP contribution in [0.4, 0.5) is 0 Å². The Kier molecular flexibility index (Phi) is 4.45. The molecule has 4 aromatic rings. The smallest absolute Gasteiger partial charge is 0.194 e. The summed E-state index contributed by atoms with van der Waals surface area (Å²) in [5, 5.41) is 23.9. The van der Waals surface area contributed by atoms with Crippen molar-refractivity contribution < 1.29 is 10.2 Å². The molecule has 3 aliphatic carbocycles. The van der Waals surface area contributed by atoms with E-state index in [0.717, 1.165) is 0 Å². The second-order valence-electron chi connectivity index (χ2n) is 12.0. The summed E-state index contributed by atoms with van der Waals surface area (Å²) in [6.07, 6.45) is 20.7. The van der Waals surface area contributed by atoms with E-state index >= 15 is 0 Å². The van der Waals surface area contributed by atoms with E-state index in [0.29, 0.717) is 65.7 Å². The van der Waals surface area contributed by atoms with Crippen molar-refractivity contribution >= 4 is 68.8 Å². The van der Waals surface area contributed by atoms with Crippen molar-refractivity contribution in [2.75, 3.05) is 0 Å². The average Bonchev–Trinajstić information content (AvgIpc) is 3.21. The zero-order chi connectivity index (χ0) is 27.6. The first-order valence-electron chi connectivity index (χ1n) is 13.0. The van der Waals surface area contributed by atoms with Crippen molar-refractivity contribution in [2.45, 2.75) is 38.9 Å². The van der Waals surface area contributed by atoms with Crippen LogP contribution in [0.1, 0.15) is 61.1 Å². The second-order valence-corrected chi connectivity index (χ2v) is 12.0. The van der Waals surface area contributed by atoms with Gasteiger partial charge in [0.2, 0.25) is 0 Å². The minimum atomic E-state index is -1.26. The molecule has 0 aliphatic heterocycles. The Hall–Kier alpha value is -4.19. The summed E-state index contributed by atoms with van der Waals surface area (Å²) in [4.78, 5) is 42.4. The summed E-state index contributed by atoms with van der Waals surface area (Å²) < 4.78 is 0. The number of hydrogen-bond donors (Lipinski definition) is 2. The van der Waals surface area contributed by atoms with Gasteiger partial charge in [-0.2, -0.15) is 0 Å². The SMILES string of the molecule is CC1(C)C=Cc2c(c3c(c2=O)c2c4c(c(=O)c2c2c5c(c(=O)c32)C=CC(C)(O)C=C5)C=CC(C)(O)C=C4)C=C1. The van der Waals surface area contributed by atoms with Gasteiger partial charge in [-0.1, -0.05) is 62.5 Å². The van der Waals surface area contributed by atoms with Crippen molar-refractivity contribution in [1.29, 1.82) is 0 Å². The number of allylic oxidation sites excluding steroid dienone is 2. The Labute approximate surface area is 223 Å². The largest absolute Gasteiger partial charge is 0.382 e. The number of aliphatic hydroxyl groups is 2. The van der Waals surface area contributed by atoms with Crippen LogP contribution < -0.4 is 16.3 Å². The van der Waals surface area contributed by atoms with Crippen LogP contribution in [0.15, 0.2) is 50.8 Å². The standard InChI is InChI=1S/C34H26O5/c1-32(2)11-5-17-20(6-12-32)29(35)26-23(17)27-25(19-8-14-34(4,39)15-9-21(19)30(27)36)28-24(26)18-7-13-33(3,38)16-10-22(18)31(28)37/h5-16,38-39H,1-4H3. The second kappa shape index (κ2) is 7.26. The monoisotopic (exact) mass is 514 g/mol. The number of fused-ring (bicyclic) bond motifs is 12. The highest BCUT2D eigenvalue weighted by molar-refractivity contribution is 6.33. The molecule has 0 fully saturated rings. The molecule has 0 bridgehead atoms. The first-order valence-corrected chi connectivity index (χ1v) is 13.0. The van der Waals surface area contributed by atoms with Crippen LogP contribution in [0.5, 0.6) is 0 Å². The quantitative estimate of drug-likeness (QED) is 0.337. The van der Waals surface area contributed by atoms with Crippen LogP contribution in [0, 0.1) is 5.41 Å². The molecule has 2 N–H and O–H groups in total. The topological polar surface area (TPSA) is 91.7 Å². The zero-order valence-electron chi connectivity index (χ0n) is 22.0. The van der Waals surface area contributed by atoms with E-state index < -0.39 is 11.2 Å². The molecule has 5 heteroatoms. The van der Waals surface area contributed by atoms with Crippen molar-refractivity contribution in [3.63, 3.8) is 0 Å². The average molecular weight is 515 g/mol. The van der Waals surface area contributed by atoms with E-state index in [2.05, 4.69) is 0 Å². The van der Waals surface area contributed by atoms with E-state index in [1.807, 2.05) is 38.2 Å². The summed E-state index contributed by atoms with van der Waals surface area (Å²) in [5.74, 6) is 0. The lowest BCUT2D eigenvalue weighted by Gasteiger charge is -2.12. The summed E-state index contributed by atoms with van der Waals surface area (Å²) in [7, 11) is 0. The Bertz CT molecular complexity index is 1860. The first kappa shape index (κ1) is 23.9. The van der Waals surface area contributed by atoms with E-state index in [9.17, 15) is 24.6 Å². The molecule has 0 heterocycles. The molecule has 7 rings (SSSR count). The molecule has 4 aromatic carbocycles. The molecule has 0 amide bonds. The first-order chi connectivity index (χ1) is 18.3. The lowest BCUT2D eigenvalue weighted by Crippen LogP contribution is -2.15. The van der Waals surface area contributed by atoms with E-state index in [1.54, 1.807) is 62.5 Å². The Morgan fingerprint density at radius 3 is 1.00 bits per heavy atom. The molecule has 0 spiro atoms. The molecule has 0 radical (unpaired) electrons. The van der Waals surface area contributed by atoms with Gasteiger partial charge in [0.15, 0.2) is 16.3 Å². The van der Waals surface area contributed by atoms with Crippen LogP contribution in [0.2, 0.25) is 0 Å². The van der Waals surface area contributed by atoms with Crippen molar-refractivity contribution in [2.24, 2.45) is 5.41 Å². The van der Waals surface area contributed by atoms with Gasteiger partial charge in [-0.05, 0) is 54.8 Å². The Morgan fingerprint density at radius 2 is 0.667 bits per heavy atom. The molecule has 0 aromatic heterocycles. The van der Waals surface area contributed by atoms with Crippen LogP contribution in [0.25, 0.3) is 68.8 Å². The number of benzene rings is 1. The van der Waals surface area contributed by atoms with Gasteiger partial charge in [-0.15, -0.1) is 0 Å². The maximum atomic E-state index is 14.2. The highest BCUT2D eigenvalue weighted by atomic mass is 16.3. The molecule has 192 valence electrons. The fourth-order valence-corrected chi connectivity index (χ4v) is 6.20. The van der Waals surface area contributed by atoms with Gasteiger partial charge in [0.25, 0.3) is 0 Å². The van der Waals surface area contributed by atoms with Gasteiger partial charge in [0, 0.05) is 54.4 Å². The van der Waals surface area contributed by atoms with Gasteiger partial charge in [0.05, 0.1) is 11.2 Å². The third-order valence-corrected chi connectivity index (χ3v) is 8.30. The van der Waals surface area contributed by atoms with Crippen molar-refractivity contribution in [1.82, 2.24) is 0 Å². The summed E-state index contributed by atoms with van der Waals surface area (Å²) in [6.45, 7) is 7.33. The molecule has 2 atom stereocenters. The van der Waals surface area contributed by atoms with E-state index in [1.165, 1.54) is 0 Å². The maximum absolute atomic E-state index is 14.2. The Balaban J connectivity index is 1.81. The molecule has 0 saturated carbocycles. The number of rotatable bonds is 0. The fourth-order valence-electron chi connectivity index (χ4n) is 6.20. The Morgan fingerprint density at radius 1 is 0.410 bits per heavy atom. The van der Waals surface area contributed by atoms with E-state index in [4.69, 9.17) is 0 Å². The predicted molar refractivity (Wildman–Crippen MR) is 161 cm³/mol. The molecule has 5 nitrogen and oxygen atoms in total. The van der Waals surface area contributed by atoms with Crippen LogP contribution in [-0.4, -0.2) is 21.4 Å². The van der Waals surface area contributed by atoms with Crippen molar-refractivity contribution in [3.05, 3.63) is 101 Å². The minimum Gasteiger partial charge on any atom is -0.382 e. The summed E-state index contributed by atoms with van der Waals surface area (Å²) in [5.41, 5.74) is -0.556. The molecule has 0 saturated heterocycles. The molecule has 39 heavy (non-hydrogen) atoms. The van der Waals surface area contributed by atoms with Gasteiger partial charge < -0.3 is 10.2 Å². The molecular formula is C34H26O5. The van der Waals surface area contributed by atoms with Gasteiger partial charge in [-0.25, -0.2) is 0 Å².